The third-order valence-electron chi connectivity index (χ3n) is 22.2. The molecule has 13 N–H and O–H groups in total. The molecular formula is C96H101BrClFN16O5. The first-order chi connectivity index (χ1) is 58.3. The molecule has 4 aliphatic rings. The summed E-state index contributed by atoms with van der Waals surface area (Å²) in [5.74, 6) is 3.83. The zero-order valence-corrected chi connectivity index (χ0v) is 69.5. The number of hydrogen-bond donors (Lipinski definition) is 9. The van der Waals surface area contributed by atoms with E-state index in [4.69, 9.17) is 54.5 Å². The number of nitrogen functional groups attached to an aromatic ring is 4. The first kappa shape index (κ1) is 85.5. The third kappa shape index (κ3) is 25.8. The Morgan fingerprint density at radius 3 is 0.817 bits per heavy atom. The molecule has 616 valence electrons. The van der Waals surface area contributed by atoms with Gasteiger partial charge in [-0.15, -0.1) is 0 Å². The molecule has 4 saturated carbocycles. The van der Waals surface area contributed by atoms with Crippen LogP contribution >= 0.6 is 27.5 Å². The van der Waals surface area contributed by atoms with Crippen LogP contribution in [0.3, 0.4) is 0 Å². The Hall–Kier alpha value is -12.3. The van der Waals surface area contributed by atoms with E-state index in [2.05, 4.69) is 57.1 Å². The van der Waals surface area contributed by atoms with E-state index in [1.54, 1.807) is 73.3 Å². The molecule has 4 fully saturated rings. The minimum absolute atomic E-state index is 0.0838. The van der Waals surface area contributed by atoms with Crippen molar-refractivity contribution in [3.63, 3.8) is 0 Å². The van der Waals surface area contributed by atoms with E-state index in [-0.39, 0.29) is 54.5 Å². The number of benzene rings is 8. The van der Waals surface area contributed by atoms with E-state index < -0.39 is 0 Å². The number of nitrogens with two attached hydrogens (primary N) is 4. The second-order valence-electron chi connectivity index (χ2n) is 31.6. The molecule has 4 aromatic heterocycles. The van der Waals surface area contributed by atoms with Crippen molar-refractivity contribution in [3.8, 4) is 50.8 Å². The zero-order chi connectivity index (χ0) is 83.7. The van der Waals surface area contributed by atoms with E-state index in [0.29, 0.717) is 75.4 Å². The highest BCUT2D eigenvalue weighted by Gasteiger charge is 2.26. The van der Waals surface area contributed by atoms with Gasteiger partial charge in [-0.1, -0.05) is 227 Å². The van der Waals surface area contributed by atoms with Crippen molar-refractivity contribution < 1.29 is 28.7 Å². The van der Waals surface area contributed by atoms with Crippen LogP contribution in [0.2, 0.25) is 5.02 Å². The molecule has 0 bridgehead atoms. The van der Waals surface area contributed by atoms with Crippen molar-refractivity contribution in [1.82, 2.24) is 39.9 Å². The van der Waals surface area contributed by atoms with E-state index >= 15 is 0 Å². The van der Waals surface area contributed by atoms with Gasteiger partial charge in [-0.2, -0.15) is 0 Å². The first-order valence-electron chi connectivity index (χ1n) is 41.3. The van der Waals surface area contributed by atoms with Crippen LogP contribution in [-0.4, -0.2) is 68.6 Å². The van der Waals surface area contributed by atoms with Gasteiger partial charge in [-0.25, -0.2) is 44.3 Å². The van der Waals surface area contributed by atoms with Crippen molar-refractivity contribution >= 4 is 97.2 Å². The summed E-state index contributed by atoms with van der Waals surface area (Å²) in [5, 5.41) is 21.9. The molecule has 0 spiro atoms. The normalized spacial score (nSPS) is 14.0. The van der Waals surface area contributed by atoms with Gasteiger partial charge in [0.1, 0.15) is 11.6 Å². The van der Waals surface area contributed by atoms with Gasteiger partial charge in [-0.3, -0.25) is 19.2 Å². The molecule has 0 aliphatic heterocycles. The van der Waals surface area contributed by atoms with Gasteiger partial charge in [0.2, 0.25) is 23.6 Å². The number of anilines is 8. The standard InChI is InChI=1S/C24H25BrN4O.C24H25ClN4O.C24H25FN4O.C24H26N4O2/c3*25-19-9-5-17(6-10-19)14-23(30)29-24-21(13-16-3-1-2-4-16)28-22(15-27-24)18-7-11-20(26)12-8-18;25-19-9-7-18(8-10-19)22-15-26-24(21(27-22)13-16-3-1-2-4-16)28-23(30)14-17-5-11-20(29)12-6-17/h3*5-12,15-16H,1-4,13-14,26H2,(H,27,29,30);5-12,15-16,29H,1-4,13-14,25H2,(H,26,28,30). The van der Waals surface area contributed by atoms with E-state index in [9.17, 15) is 28.7 Å². The molecule has 12 aromatic rings. The lowest BCUT2D eigenvalue weighted by molar-refractivity contribution is -0.116. The summed E-state index contributed by atoms with van der Waals surface area (Å²) in [6.45, 7) is 0. The molecule has 0 saturated heterocycles. The summed E-state index contributed by atoms with van der Waals surface area (Å²) in [6, 6.07) is 57.9. The van der Waals surface area contributed by atoms with Gasteiger partial charge in [-0.05, 0) is 169 Å². The highest BCUT2D eigenvalue weighted by Crippen LogP contribution is 2.36. The van der Waals surface area contributed by atoms with Crippen LogP contribution in [0.4, 0.5) is 50.4 Å². The first-order valence-corrected chi connectivity index (χ1v) is 42.5. The smallest absolute Gasteiger partial charge is 0.229 e. The van der Waals surface area contributed by atoms with E-state index in [0.717, 1.165) is 126 Å². The van der Waals surface area contributed by atoms with Gasteiger partial charge in [0.05, 0.1) is 96.0 Å². The van der Waals surface area contributed by atoms with Crippen LogP contribution < -0.4 is 44.2 Å². The molecule has 4 heterocycles. The van der Waals surface area contributed by atoms with Gasteiger partial charge in [0.25, 0.3) is 0 Å². The molecule has 0 radical (unpaired) electrons. The van der Waals surface area contributed by atoms with Crippen molar-refractivity contribution in [2.45, 2.75) is 154 Å². The number of aromatic nitrogens is 8. The summed E-state index contributed by atoms with van der Waals surface area (Å²) in [7, 11) is 0. The van der Waals surface area contributed by atoms with Crippen LogP contribution in [0, 0.1) is 29.5 Å². The minimum Gasteiger partial charge on any atom is -0.508 e. The SMILES string of the molecule is Nc1ccc(-c2cnc(NC(=O)Cc3ccc(Br)cc3)c(CC3CCCC3)n2)cc1.Nc1ccc(-c2cnc(NC(=O)Cc3ccc(Cl)cc3)c(CC3CCCC3)n2)cc1.Nc1ccc(-c2cnc(NC(=O)Cc3ccc(F)cc3)c(CC3CCCC3)n2)cc1.Nc1ccc(-c2cnc(NC(=O)Cc3ccc(O)cc3)c(CC3CCCC3)n2)cc1. The van der Waals surface area contributed by atoms with Crippen LogP contribution in [0.15, 0.2) is 223 Å². The molecule has 0 unspecified atom stereocenters. The van der Waals surface area contributed by atoms with Crippen molar-refractivity contribution in [2.24, 2.45) is 23.7 Å². The van der Waals surface area contributed by atoms with Crippen LogP contribution in [0.5, 0.6) is 5.75 Å². The number of carbonyl (C=O) groups is 4. The fraction of sp³-hybridized carbons (Fsp3) is 0.292. The van der Waals surface area contributed by atoms with Crippen molar-refractivity contribution in [3.05, 3.63) is 279 Å². The number of aromatic hydroxyl groups is 1. The maximum Gasteiger partial charge on any atom is 0.229 e. The average molecular weight is 1690 g/mol. The van der Waals surface area contributed by atoms with Crippen molar-refractivity contribution in [2.75, 3.05) is 44.2 Å². The molecule has 4 aliphatic carbocycles. The summed E-state index contributed by atoms with van der Waals surface area (Å²) in [5.41, 5.74) is 39.8. The molecule has 16 rings (SSSR count). The summed E-state index contributed by atoms with van der Waals surface area (Å²) in [4.78, 5) is 88.1. The van der Waals surface area contributed by atoms with Crippen molar-refractivity contribution in [1.29, 1.82) is 0 Å². The number of phenols is 1. The number of amides is 4. The number of nitrogens with one attached hydrogen (secondary N) is 4. The third-order valence-corrected chi connectivity index (χ3v) is 23.0. The number of hydrogen-bond acceptors (Lipinski definition) is 17. The van der Waals surface area contributed by atoms with E-state index in [1.807, 2.05) is 133 Å². The fourth-order valence-corrected chi connectivity index (χ4v) is 16.1. The Bertz CT molecular complexity index is 4730. The second-order valence-corrected chi connectivity index (χ2v) is 32.9. The van der Waals surface area contributed by atoms with Gasteiger partial charge in [0.15, 0.2) is 23.3 Å². The average Bonchev–Trinajstić information content (AvgIpc) is 1.15. The highest BCUT2D eigenvalue weighted by molar-refractivity contribution is 9.10. The van der Waals surface area contributed by atoms with Gasteiger partial charge in [0, 0.05) is 54.5 Å². The number of phenolic OH excluding ortho intramolecular Hbond substituents is 1. The lowest BCUT2D eigenvalue weighted by Gasteiger charge is -2.14. The maximum absolute atomic E-state index is 13.1. The summed E-state index contributed by atoms with van der Waals surface area (Å²) >= 11 is 9.35. The Morgan fingerprint density at radius 2 is 0.567 bits per heavy atom. The molecule has 8 aromatic carbocycles. The minimum atomic E-state index is -0.317. The quantitative estimate of drug-likeness (QED) is 0.0254. The lowest BCUT2D eigenvalue weighted by Crippen LogP contribution is -2.18. The highest BCUT2D eigenvalue weighted by atomic mass is 79.9. The Labute approximate surface area is 713 Å². The molecule has 0 atom stereocenters. The monoisotopic (exact) mass is 1690 g/mol. The Kier molecular flexibility index (Phi) is 30.2. The summed E-state index contributed by atoms with van der Waals surface area (Å²) in [6.07, 6.45) is 30.6. The number of halogens is 3. The molecule has 120 heavy (non-hydrogen) atoms. The number of rotatable bonds is 24. The zero-order valence-electron chi connectivity index (χ0n) is 67.2. The predicted molar refractivity (Wildman–Crippen MR) is 480 cm³/mol. The molecule has 21 nitrogen and oxygen atoms in total. The van der Waals surface area contributed by atoms with Crippen LogP contribution in [0.1, 0.15) is 148 Å². The summed E-state index contributed by atoms with van der Waals surface area (Å²) < 4.78 is 14.1. The Morgan fingerprint density at radius 1 is 0.342 bits per heavy atom. The van der Waals surface area contributed by atoms with Crippen LogP contribution in [0.25, 0.3) is 45.0 Å². The van der Waals surface area contributed by atoms with E-state index in [1.165, 1.54) is 115 Å². The largest absolute Gasteiger partial charge is 0.508 e. The second kappa shape index (κ2) is 42.4. The molecule has 24 heteroatoms. The maximum atomic E-state index is 13.1. The van der Waals surface area contributed by atoms with Gasteiger partial charge < -0.3 is 49.3 Å². The number of nitrogens with zero attached hydrogens (tertiary/aromatic N) is 8. The van der Waals surface area contributed by atoms with Gasteiger partial charge >= 0.3 is 0 Å². The fourth-order valence-electron chi connectivity index (χ4n) is 15.7. The Balaban J connectivity index is 0.000000138. The van der Waals surface area contributed by atoms with Crippen LogP contribution in [-0.2, 0) is 70.5 Å². The lowest BCUT2D eigenvalue weighted by atomic mass is 10.0. The topological polar surface area (TPSA) is 344 Å². The molecular weight excluding hydrogens is 1590 g/mol. The molecule has 4 amide bonds. The predicted octanol–water partition coefficient (Wildman–Crippen LogP) is 19.8. The number of carbonyl (C=O) groups excluding carboxylic acids is 4.